The molecule has 36 heavy (non-hydrogen) atoms. The largest absolute Gasteiger partial charge is 0.489 e. The second-order valence-corrected chi connectivity index (χ2v) is 8.26. The summed E-state index contributed by atoms with van der Waals surface area (Å²) in [5.74, 6) is 0.0595. The minimum absolute atomic E-state index is 0.124. The maximum Gasteiger partial charge on any atom is 0.372 e. The van der Waals surface area contributed by atoms with Gasteiger partial charge in [0.2, 0.25) is 5.76 Å². The SMILES string of the molecule is O=C(O)c1occ(-c2cccc(OCc3ccccc3)c2)c1-c1cccc(OCc2ccccc2)c1. The topological polar surface area (TPSA) is 68.9 Å². The van der Waals surface area contributed by atoms with E-state index in [9.17, 15) is 9.90 Å². The van der Waals surface area contributed by atoms with Crippen molar-refractivity contribution < 1.29 is 23.8 Å². The summed E-state index contributed by atoms with van der Waals surface area (Å²) in [4.78, 5) is 12.0. The van der Waals surface area contributed by atoms with Crippen LogP contribution in [0.25, 0.3) is 22.3 Å². The Morgan fingerprint density at radius 3 is 1.75 bits per heavy atom. The maximum absolute atomic E-state index is 12.0. The van der Waals surface area contributed by atoms with Gasteiger partial charge in [-0.05, 0) is 46.5 Å². The fourth-order valence-corrected chi connectivity index (χ4v) is 3.99. The molecular formula is C31H24O5. The number of benzene rings is 4. The van der Waals surface area contributed by atoms with Gasteiger partial charge in [-0.2, -0.15) is 0 Å². The zero-order chi connectivity index (χ0) is 24.7. The van der Waals surface area contributed by atoms with E-state index in [0.29, 0.717) is 41.4 Å². The van der Waals surface area contributed by atoms with E-state index in [-0.39, 0.29) is 5.76 Å². The first-order valence-electron chi connectivity index (χ1n) is 11.6. The van der Waals surface area contributed by atoms with Crippen LogP contribution in [0.4, 0.5) is 0 Å². The Labute approximate surface area is 209 Å². The minimum Gasteiger partial charge on any atom is -0.489 e. The van der Waals surface area contributed by atoms with Gasteiger partial charge in [-0.3, -0.25) is 0 Å². The van der Waals surface area contributed by atoms with Crippen molar-refractivity contribution in [1.82, 2.24) is 0 Å². The number of carboxylic acid groups (broad SMARTS) is 1. The van der Waals surface area contributed by atoms with Crippen molar-refractivity contribution >= 4 is 5.97 Å². The van der Waals surface area contributed by atoms with Gasteiger partial charge >= 0.3 is 5.97 Å². The van der Waals surface area contributed by atoms with Crippen LogP contribution < -0.4 is 9.47 Å². The van der Waals surface area contributed by atoms with Crippen molar-refractivity contribution in [3.05, 3.63) is 132 Å². The zero-order valence-corrected chi connectivity index (χ0v) is 19.5. The van der Waals surface area contributed by atoms with Gasteiger partial charge in [-0.1, -0.05) is 84.9 Å². The summed E-state index contributed by atoms with van der Waals surface area (Å²) in [5.41, 5.74) is 4.75. The average Bonchev–Trinajstić information content (AvgIpc) is 3.38. The first kappa shape index (κ1) is 23.0. The summed E-state index contributed by atoms with van der Waals surface area (Å²) in [5, 5.41) is 9.82. The van der Waals surface area contributed by atoms with Gasteiger partial charge in [0.05, 0.1) is 0 Å². The molecule has 178 valence electrons. The van der Waals surface area contributed by atoms with E-state index in [1.54, 1.807) is 0 Å². The Morgan fingerprint density at radius 2 is 1.19 bits per heavy atom. The molecule has 0 bridgehead atoms. The molecule has 4 aromatic carbocycles. The summed E-state index contributed by atoms with van der Waals surface area (Å²) < 4.78 is 17.5. The third kappa shape index (κ3) is 5.31. The van der Waals surface area contributed by atoms with E-state index in [1.165, 1.54) is 6.26 Å². The van der Waals surface area contributed by atoms with Crippen LogP contribution in [-0.2, 0) is 13.2 Å². The van der Waals surface area contributed by atoms with Crippen LogP contribution in [-0.4, -0.2) is 11.1 Å². The van der Waals surface area contributed by atoms with Gasteiger partial charge in [0.15, 0.2) is 0 Å². The Balaban J connectivity index is 1.44. The summed E-state index contributed by atoms with van der Waals surface area (Å²) >= 11 is 0. The first-order chi connectivity index (χ1) is 17.7. The third-order valence-electron chi connectivity index (χ3n) is 5.75. The van der Waals surface area contributed by atoms with E-state index in [4.69, 9.17) is 13.9 Å². The number of rotatable bonds is 9. The normalized spacial score (nSPS) is 10.7. The minimum atomic E-state index is -1.14. The van der Waals surface area contributed by atoms with Gasteiger partial charge < -0.3 is 19.0 Å². The fourth-order valence-electron chi connectivity index (χ4n) is 3.99. The number of hydrogen-bond donors (Lipinski definition) is 1. The molecule has 0 aliphatic carbocycles. The van der Waals surface area contributed by atoms with Crippen LogP contribution in [0.2, 0.25) is 0 Å². The lowest BCUT2D eigenvalue weighted by atomic mass is 9.96. The number of furan rings is 1. The van der Waals surface area contributed by atoms with Gasteiger partial charge in [0.1, 0.15) is 31.0 Å². The van der Waals surface area contributed by atoms with E-state index in [2.05, 4.69) is 0 Å². The van der Waals surface area contributed by atoms with Crippen LogP contribution in [0.1, 0.15) is 21.7 Å². The molecule has 5 aromatic rings. The Morgan fingerprint density at radius 1 is 0.667 bits per heavy atom. The molecule has 0 radical (unpaired) electrons. The second kappa shape index (κ2) is 10.7. The first-order valence-corrected chi connectivity index (χ1v) is 11.6. The highest BCUT2D eigenvalue weighted by Gasteiger charge is 2.22. The molecule has 0 saturated carbocycles. The van der Waals surface area contributed by atoms with E-state index in [0.717, 1.165) is 16.7 Å². The lowest BCUT2D eigenvalue weighted by Crippen LogP contribution is -1.98. The second-order valence-electron chi connectivity index (χ2n) is 8.26. The summed E-state index contributed by atoms with van der Waals surface area (Å²) in [6, 6.07) is 34.7. The summed E-state index contributed by atoms with van der Waals surface area (Å²) in [7, 11) is 0. The average molecular weight is 477 g/mol. The summed E-state index contributed by atoms with van der Waals surface area (Å²) in [6.07, 6.45) is 1.48. The Kier molecular flexibility index (Phi) is 6.81. The van der Waals surface area contributed by atoms with Crippen LogP contribution >= 0.6 is 0 Å². The standard InChI is InChI=1S/C31H24O5/c32-31(33)30-29(25-14-8-16-27(18-25)35-20-23-11-5-2-6-12-23)28(21-36-30)24-13-7-15-26(17-24)34-19-22-9-3-1-4-10-22/h1-18,21H,19-20H2,(H,32,33). The van der Waals surface area contributed by atoms with E-state index >= 15 is 0 Å². The molecule has 0 aliphatic rings. The number of hydrogen-bond acceptors (Lipinski definition) is 4. The smallest absolute Gasteiger partial charge is 0.372 e. The highest BCUT2D eigenvalue weighted by atomic mass is 16.5. The molecule has 1 heterocycles. The quantitative estimate of drug-likeness (QED) is 0.239. The molecule has 0 atom stereocenters. The Hall–Kier alpha value is -4.77. The maximum atomic E-state index is 12.0. The predicted molar refractivity (Wildman–Crippen MR) is 138 cm³/mol. The molecule has 5 heteroatoms. The van der Waals surface area contributed by atoms with Crippen LogP contribution in [0.5, 0.6) is 11.5 Å². The van der Waals surface area contributed by atoms with Crippen LogP contribution in [0.15, 0.2) is 120 Å². The van der Waals surface area contributed by atoms with Crippen molar-refractivity contribution in [2.75, 3.05) is 0 Å². The molecule has 0 fully saturated rings. The lowest BCUT2D eigenvalue weighted by Gasteiger charge is -2.11. The molecule has 0 spiro atoms. The molecule has 0 unspecified atom stereocenters. The van der Waals surface area contributed by atoms with E-state index < -0.39 is 5.97 Å². The lowest BCUT2D eigenvalue weighted by molar-refractivity contribution is 0.0663. The van der Waals surface area contributed by atoms with Crippen LogP contribution in [0, 0.1) is 0 Å². The number of ether oxygens (including phenoxy) is 2. The monoisotopic (exact) mass is 476 g/mol. The number of carbonyl (C=O) groups is 1. The van der Waals surface area contributed by atoms with Crippen molar-refractivity contribution in [3.8, 4) is 33.8 Å². The van der Waals surface area contributed by atoms with Gasteiger partial charge in [-0.25, -0.2) is 4.79 Å². The number of carboxylic acids is 1. The van der Waals surface area contributed by atoms with Gasteiger partial charge in [0, 0.05) is 11.1 Å². The molecule has 0 amide bonds. The van der Waals surface area contributed by atoms with Crippen LogP contribution in [0.3, 0.4) is 0 Å². The molecule has 1 aromatic heterocycles. The molecule has 0 saturated heterocycles. The van der Waals surface area contributed by atoms with Crippen molar-refractivity contribution in [2.24, 2.45) is 0 Å². The zero-order valence-electron chi connectivity index (χ0n) is 19.5. The van der Waals surface area contributed by atoms with Gasteiger partial charge in [-0.15, -0.1) is 0 Å². The van der Waals surface area contributed by atoms with Crippen molar-refractivity contribution in [2.45, 2.75) is 13.2 Å². The highest BCUT2D eigenvalue weighted by molar-refractivity contribution is 5.99. The summed E-state index contributed by atoms with van der Waals surface area (Å²) in [6.45, 7) is 0.846. The predicted octanol–water partition coefficient (Wildman–Crippen LogP) is 7.47. The molecule has 5 rings (SSSR count). The van der Waals surface area contributed by atoms with E-state index in [1.807, 2.05) is 109 Å². The Bertz CT molecular complexity index is 1460. The fraction of sp³-hybridized carbons (Fsp3) is 0.0645. The third-order valence-corrected chi connectivity index (χ3v) is 5.75. The highest BCUT2D eigenvalue weighted by Crippen LogP contribution is 2.39. The molecule has 0 aliphatic heterocycles. The molecule has 1 N–H and O–H groups in total. The van der Waals surface area contributed by atoms with Gasteiger partial charge in [0.25, 0.3) is 0 Å². The molecule has 5 nitrogen and oxygen atoms in total. The van der Waals surface area contributed by atoms with Crippen molar-refractivity contribution in [3.63, 3.8) is 0 Å². The number of aromatic carboxylic acids is 1. The van der Waals surface area contributed by atoms with Crippen molar-refractivity contribution in [1.29, 1.82) is 0 Å². The molecular weight excluding hydrogens is 452 g/mol.